The van der Waals surface area contributed by atoms with E-state index >= 15 is 0 Å². The van der Waals surface area contributed by atoms with Crippen LogP contribution >= 0.6 is 0 Å². The minimum absolute atomic E-state index is 0.0734. The third-order valence-electron chi connectivity index (χ3n) is 2.39. The van der Waals surface area contributed by atoms with Crippen molar-refractivity contribution < 1.29 is 49.0 Å². The number of hydrogen-bond donors (Lipinski definition) is 1. The zero-order valence-electron chi connectivity index (χ0n) is 11.0. The predicted octanol–water partition coefficient (Wildman–Crippen LogP) is 3.98. The van der Waals surface area contributed by atoms with Gasteiger partial charge in [-0.2, -0.15) is 39.5 Å². The Bertz CT molecular complexity index is 381. The molecule has 0 aromatic rings. The largest absolute Gasteiger partial charge is 0.460 e. The molecule has 0 heterocycles. The number of nitrogens with one attached hydrogen (secondary N) is 1. The number of unbranched alkanes of at least 4 members (excludes halogenated alkanes) is 1. The maximum Gasteiger partial charge on any atom is 0.460 e. The second-order valence-corrected chi connectivity index (χ2v) is 4.21. The number of amides is 1. The molecule has 1 amide bonds. The molecule has 132 valence electrons. The summed E-state index contributed by atoms with van der Waals surface area (Å²) >= 11 is 0. The fourth-order valence-electron chi connectivity index (χ4n) is 1.07. The molecule has 0 bridgehead atoms. The third kappa shape index (κ3) is 4.32. The van der Waals surface area contributed by atoms with Crippen molar-refractivity contribution >= 4 is 6.09 Å². The van der Waals surface area contributed by atoms with Crippen LogP contribution in [0.1, 0.15) is 19.8 Å². The molecule has 0 aromatic carbocycles. The van der Waals surface area contributed by atoms with E-state index in [1.165, 1.54) is 0 Å². The number of halogens is 9. The van der Waals surface area contributed by atoms with Crippen LogP contribution in [0.3, 0.4) is 0 Å². The molecular weight excluding hydrogens is 337 g/mol. The molecule has 0 rings (SSSR count). The quantitative estimate of drug-likeness (QED) is 0.558. The highest BCUT2D eigenvalue weighted by Gasteiger charge is 2.81. The molecule has 0 aliphatic rings. The summed E-state index contributed by atoms with van der Waals surface area (Å²) in [5.74, 6) is -19.7. The number of alkyl carbamates (subject to hydrolysis) is 1. The molecule has 0 aliphatic carbocycles. The summed E-state index contributed by atoms with van der Waals surface area (Å²) in [6.45, 7) is -1.01. The molecule has 0 aliphatic heterocycles. The third-order valence-corrected chi connectivity index (χ3v) is 2.39. The van der Waals surface area contributed by atoms with Crippen LogP contribution in [0.25, 0.3) is 0 Å². The monoisotopic (exact) mass is 349 g/mol. The average Bonchev–Trinajstić information content (AvgIpc) is 2.35. The van der Waals surface area contributed by atoms with Gasteiger partial charge in [-0.3, -0.25) is 0 Å². The standard InChI is InChI=1S/C10H12F9NO2/c1-2-3-4-20-6(21)22-5-7(11,12)8(13,14)9(15,16)10(17,18)19/h2-5H2,1H3,(H,20,21). The smallest absolute Gasteiger partial charge is 0.443 e. The molecule has 0 radical (unpaired) electrons. The normalized spacial score (nSPS) is 13.9. The summed E-state index contributed by atoms with van der Waals surface area (Å²) in [7, 11) is 0. The summed E-state index contributed by atoms with van der Waals surface area (Å²) in [5.41, 5.74) is 0. The SMILES string of the molecule is CCCCNC(=O)OCC(F)(F)C(F)(F)C(F)(F)C(F)(F)F. The van der Waals surface area contributed by atoms with E-state index in [0.29, 0.717) is 12.8 Å². The highest BCUT2D eigenvalue weighted by Crippen LogP contribution is 2.53. The van der Waals surface area contributed by atoms with Crippen LogP contribution in [0.5, 0.6) is 0 Å². The van der Waals surface area contributed by atoms with Crippen LogP contribution in [0.4, 0.5) is 44.3 Å². The van der Waals surface area contributed by atoms with Crippen molar-refractivity contribution in [2.75, 3.05) is 13.2 Å². The van der Waals surface area contributed by atoms with E-state index in [9.17, 15) is 44.3 Å². The van der Waals surface area contributed by atoms with E-state index in [1.807, 2.05) is 5.32 Å². The van der Waals surface area contributed by atoms with E-state index in [4.69, 9.17) is 0 Å². The maximum absolute atomic E-state index is 12.9. The Morgan fingerprint density at radius 1 is 0.955 bits per heavy atom. The molecule has 0 fully saturated rings. The van der Waals surface area contributed by atoms with Gasteiger partial charge in [0.25, 0.3) is 0 Å². The Balaban J connectivity index is 4.88. The summed E-state index contributed by atoms with van der Waals surface area (Å²) in [5, 5.41) is 1.83. The van der Waals surface area contributed by atoms with Gasteiger partial charge in [0.2, 0.25) is 0 Å². The minimum Gasteiger partial charge on any atom is -0.443 e. The molecule has 0 aromatic heterocycles. The Labute approximate surface area is 118 Å². The molecule has 0 saturated heterocycles. The predicted molar refractivity (Wildman–Crippen MR) is 55.2 cm³/mol. The summed E-state index contributed by atoms with van der Waals surface area (Å²) in [6.07, 6.45) is -7.58. The molecule has 1 N–H and O–H groups in total. The lowest BCUT2D eigenvalue weighted by Gasteiger charge is -2.33. The van der Waals surface area contributed by atoms with Gasteiger partial charge in [-0.05, 0) is 6.42 Å². The molecule has 12 heteroatoms. The summed E-state index contributed by atoms with van der Waals surface area (Å²) < 4.78 is 115. The van der Waals surface area contributed by atoms with E-state index in [2.05, 4.69) is 4.74 Å². The van der Waals surface area contributed by atoms with Crippen molar-refractivity contribution in [2.24, 2.45) is 0 Å². The van der Waals surface area contributed by atoms with Crippen LogP contribution in [-0.4, -0.2) is 43.2 Å². The Kier molecular flexibility index (Phi) is 6.40. The first-order valence-corrected chi connectivity index (χ1v) is 5.81. The van der Waals surface area contributed by atoms with Crippen molar-refractivity contribution in [3.63, 3.8) is 0 Å². The fraction of sp³-hybridized carbons (Fsp3) is 0.900. The lowest BCUT2D eigenvalue weighted by atomic mass is 10.0. The first-order chi connectivity index (χ1) is 9.70. The number of alkyl halides is 9. The van der Waals surface area contributed by atoms with Gasteiger partial charge in [-0.1, -0.05) is 13.3 Å². The van der Waals surface area contributed by atoms with Gasteiger partial charge in [0.05, 0.1) is 0 Å². The fourth-order valence-corrected chi connectivity index (χ4v) is 1.07. The van der Waals surface area contributed by atoms with Crippen LogP contribution in [0, 0.1) is 0 Å². The van der Waals surface area contributed by atoms with Gasteiger partial charge in [-0.25, -0.2) is 4.79 Å². The van der Waals surface area contributed by atoms with Crippen LogP contribution < -0.4 is 5.32 Å². The van der Waals surface area contributed by atoms with Crippen molar-refractivity contribution in [3.8, 4) is 0 Å². The molecular formula is C10H12F9NO2. The maximum atomic E-state index is 12.9. The van der Waals surface area contributed by atoms with Crippen LogP contribution in [-0.2, 0) is 4.74 Å². The molecule has 0 unspecified atom stereocenters. The molecule has 0 atom stereocenters. The Morgan fingerprint density at radius 2 is 1.45 bits per heavy atom. The van der Waals surface area contributed by atoms with E-state index in [-0.39, 0.29) is 6.54 Å². The van der Waals surface area contributed by atoms with Gasteiger partial charge in [-0.15, -0.1) is 0 Å². The minimum atomic E-state index is -6.99. The Hall–Kier alpha value is -1.36. The highest BCUT2D eigenvalue weighted by molar-refractivity contribution is 5.67. The van der Waals surface area contributed by atoms with E-state index < -0.39 is 36.6 Å². The van der Waals surface area contributed by atoms with Crippen molar-refractivity contribution in [1.82, 2.24) is 5.32 Å². The van der Waals surface area contributed by atoms with Crippen molar-refractivity contribution in [1.29, 1.82) is 0 Å². The van der Waals surface area contributed by atoms with Gasteiger partial charge in [0.1, 0.15) is 0 Å². The first-order valence-electron chi connectivity index (χ1n) is 5.81. The van der Waals surface area contributed by atoms with Crippen molar-refractivity contribution in [3.05, 3.63) is 0 Å². The number of carbonyl (C=O) groups is 1. The first kappa shape index (κ1) is 20.6. The molecule has 22 heavy (non-hydrogen) atoms. The zero-order valence-corrected chi connectivity index (χ0v) is 11.0. The summed E-state index contributed by atoms with van der Waals surface area (Å²) in [6, 6.07) is 0. The number of ether oxygens (including phenoxy) is 1. The number of carbonyl (C=O) groups excluding carboxylic acids is 1. The summed E-state index contributed by atoms with van der Waals surface area (Å²) in [4.78, 5) is 10.8. The van der Waals surface area contributed by atoms with Crippen LogP contribution in [0.15, 0.2) is 0 Å². The van der Waals surface area contributed by atoms with Gasteiger partial charge in [0.15, 0.2) is 6.61 Å². The molecule has 0 saturated carbocycles. The number of rotatable bonds is 7. The number of hydrogen-bond acceptors (Lipinski definition) is 2. The second kappa shape index (κ2) is 6.82. The zero-order chi connectivity index (χ0) is 17.8. The lowest BCUT2D eigenvalue weighted by molar-refractivity contribution is -0.398. The lowest BCUT2D eigenvalue weighted by Crippen LogP contribution is -2.62. The topological polar surface area (TPSA) is 38.3 Å². The van der Waals surface area contributed by atoms with Gasteiger partial charge in [0, 0.05) is 6.54 Å². The second-order valence-electron chi connectivity index (χ2n) is 4.21. The average molecular weight is 349 g/mol. The molecule has 3 nitrogen and oxygen atoms in total. The Morgan fingerprint density at radius 3 is 1.86 bits per heavy atom. The van der Waals surface area contributed by atoms with E-state index in [0.717, 1.165) is 0 Å². The molecule has 0 spiro atoms. The van der Waals surface area contributed by atoms with Gasteiger partial charge >= 0.3 is 30.0 Å². The van der Waals surface area contributed by atoms with Gasteiger partial charge < -0.3 is 10.1 Å². The van der Waals surface area contributed by atoms with Crippen LogP contribution in [0.2, 0.25) is 0 Å². The van der Waals surface area contributed by atoms with E-state index in [1.54, 1.807) is 6.92 Å². The van der Waals surface area contributed by atoms with Crippen molar-refractivity contribution in [2.45, 2.75) is 43.7 Å². The highest BCUT2D eigenvalue weighted by atomic mass is 19.4.